The Morgan fingerprint density at radius 2 is 1.83 bits per heavy atom. The Kier molecular flexibility index (Phi) is 6.25. The number of likely N-dealkylation sites (tertiary alicyclic amines) is 1. The van der Waals surface area contributed by atoms with Gasteiger partial charge in [0.1, 0.15) is 0 Å². The van der Waals surface area contributed by atoms with E-state index in [9.17, 15) is 18.0 Å². The molecule has 2 rings (SSSR count). The second-order valence-electron chi connectivity index (χ2n) is 7.09. The van der Waals surface area contributed by atoms with Crippen LogP contribution < -0.4 is 0 Å². The van der Waals surface area contributed by atoms with Crippen molar-refractivity contribution < 1.29 is 23.1 Å². The summed E-state index contributed by atoms with van der Waals surface area (Å²) in [5.41, 5.74) is 0. The van der Waals surface area contributed by atoms with Crippen LogP contribution in [0.1, 0.15) is 45.4 Å². The molecule has 0 bridgehead atoms. The van der Waals surface area contributed by atoms with Crippen LogP contribution in [0.2, 0.25) is 0 Å². The predicted molar refractivity (Wildman–Crippen MR) is 89.9 cm³/mol. The Morgan fingerprint density at radius 3 is 2.42 bits per heavy atom. The van der Waals surface area contributed by atoms with Gasteiger partial charge in [-0.15, -0.1) is 0 Å². The number of sulfonamides is 1. The number of aliphatic carboxylic acids is 1. The van der Waals surface area contributed by atoms with Gasteiger partial charge in [0.25, 0.3) is 0 Å². The number of nitrogens with zero attached hydrogens (tertiary/aromatic N) is 2. The van der Waals surface area contributed by atoms with Gasteiger partial charge in [0.05, 0.1) is 11.2 Å². The maximum atomic E-state index is 12.7. The molecule has 1 aliphatic carbocycles. The summed E-state index contributed by atoms with van der Waals surface area (Å²) in [4.78, 5) is 25.2. The number of amides is 1. The highest BCUT2D eigenvalue weighted by Crippen LogP contribution is 2.29. The molecule has 0 radical (unpaired) electrons. The Labute approximate surface area is 144 Å². The van der Waals surface area contributed by atoms with Crippen molar-refractivity contribution in [3.63, 3.8) is 0 Å². The Balaban J connectivity index is 2.01. The van der Waals surface area contributed by atoms with Gasteiger partial charge in [-0.25, -0.2) is 12.7 Å². The number of hydrogen-bond donors (Lipinski definition) is 1. The monoisotopic (exact) mass is 360 g/mol. The van der Waals surface area contributed by atoms with E-state index < -0.39 is 27.2 Å². The number of carbonyl (C=O) groups is 2. The molecule has 1 saturated heterocycles. The molecule has 7 nitrogen and oxygen atoms in total. The SMILES string of the molecule is CC(CN(C)S(=O)(=O)C1CCCN(C(=O)C2CCCC2)C1)C(=O)O. The van der Waals surface area contributed by atoms with E-state index in [0.29, 0.717) is 19.4 Å². The molecule has 138 valence electrons. The molecule has 1 saturated carbocycles. The third kappa shape index (κ3) is 4.27. The van der Waals surface area contributed by atoms with Crippen molar-refractivity contribution in [1.82, 2.24) is 9.21 Å². The van der Waals surface area contributed by atoms with Crippen LogP contribution in [0.25, 0.3) is 0 Å². The molecule has 2 unspecified atom stereocenters. The molecule has 2 aliphatic rings. The van der Waals surface area contributed by atoms with Gasteiger partial charge >= 0.3 is 5.97 Å². The standard InChI is InChI=1S/C16H28N2O5S/c1-12(16(20)21)10-17(2)24(22,23)14-8-5-9-18(11-14)15(19)13-6-3-4-7-13/h12-14H,3-11H2,1-2H3,(H,20,21). The van der Waals surface area contributed by atoms with E-state index in [0.717, 1.165) is 30.0 Å². The van der Waals surface area contributed by atoms with Crippen LogP contribution >= 0.6 is 0 Å². The van der Waals surface area contributed by atoms with E-state index in [1.165, 1.54) is 14.0 Å². The Bertz CT molecular complexity index is 571. The van der Waals surface area contributed by atoms with Gasteiger partial charge in [0.2, 0.25) is 15.9 Å². The molecule has 1 N–H and O–H groups in total. The molecule has 8 heteroatoms. The van der Waals surface area contributed by atoms with Crippen molar-refractivity contribution in [1.29, 1.82) is 0 Å². The lowest BCUT2D eigenvalue weighted by Crippen LogP contribution is -2.50. The van der Waals surface area contributed by atoms with Crippen LogP contribution in [0.3, 0.4) is 0 Å². The zero-order valence-corrected chi connectivity index (χ0v) is 15.3. The molecule has 1 aliphatic heterocycles. The third-order valence-corrected chi connectivity index (χ3v) is 7.45. The number of piperidine rings is 1. The predicted octanol–water partition coefficient (Wildman–Crippen LogP) is 1.15. The molecule has 2 fully saturated rings. The van der Waals surface area contributed by atoms with Gasteiger partial charge in [-0.1, -0.05) is 19.8 Å². The summed E-state index contributed by atoms with van der Waals surface area (Å²) in [6.45, 7) is 2.29. The van der Waals surface area contributed by atoms with Gasteiger partial charge in [0, 0.05) is 32.6 Å². The van der Waals surface area contributed by atoms with Crippen LogP contribution in [0.4, 0.5) is 0 Å². The average Bonchev–Trinajstić information content (AvgIpc) is 3.08. The topological polar surface area (TPSA) is 95.0 Å². The van der Waals surface area contributed by atoms with Crippen LogP contribution in [0, 0.1) is 11.8 Å². The minimum atomic E-state index is -3.60. The maximum Gasteiger partial charge on any atom is 0.307 e. The first-order valence-electron chi connectivity index (χ1n) is 8.70. The van der Waals surface area contributed by atoms with Crippen LogP contribution in [-0.4, -0.2) is 66.5 Å². The lowest BCUT2D eigenvalue weighted by molar-refractivity contribution is -0.141. The highest BCUT2D eigenvalue weighted by atomic mass is 32.2. The number of carbonyl (C=O) groups excluding carboxylic acids is 1. The molecule has 1 heterocycles. The van der Waals surface area contributed by atoms with Crippen molar-refractivity contribution in [2.75, 3.05) is 26.7 Å². The van der Waals surface area contributed by atoms with Gasteiger partial charge in [-0.3, -0.25) is 9.59 Å². The maximum absolute atomic E-state index is 12.7. The summed E-state index contributed by atoms with van der Waals surface area (Å²) in [5, 5.41) is 8.33. The smallest absolute Gasteiger partial charge is 0.307 e. The van der Waals surface area contributed by atoms with Crippen LogP contribution in [-0.2, 0) is 19.6 Å². The number of carboxylic acids is 1. The lowest BCUT2D eigenvalue weighted by atomic mass is 10.0. The fourth-order valence-corrected chi connectivity index (χ4v) is 5.41. The zero-order chi connectivity index (χ0) is 17.9. The molecule has 0 aromatic carbocycles. The second kappa shape index (κ2) is 7.82. The number of rotatable bonds is 6. The van der Waals surface area contributed by atoms with Gasteiger partial charge < -0.3 is 10.0 Å². The average molecular weight is 360 g/mol. The third-order valence-electron chi connectivity index (χ3n) is 5.20. The molecule has 0 aromatic heterocycles. The molecule has 0 aromatic rings. The molecule has 2 atom stereocenters. The Hall–Kier alpha value is -1.15. The zero-order valence-electron chi connectivity index (χ0n) is 14.5. The normalized spacial score (nSPS) is 24.3. The van der Waals surface area contributed by atoms with Crippen molar-refractivity contribution in [3.05, 3.63) is 0 Å². The minimum absolute atomic E-state index is 0.0509. The minimum Gasteiger partial charge on any atom is -0.481 e. The molecule has 1 amide bonds. The summed E-state index contributed by atoms with van der Waals surface area (Å²) in [7, 11) is -2.18. The van der Waals surface area contributed by atoms with Crippen molar-refractivity contribution in [2.45, 2.75) is 50.7 Å². The first kappa shape index (κ1) is 19.2. The fourth-order valence-electron chi connectivity index (χ4n) is 3.63. The molecule has 24 heavy (non-hydrogen) atoms. The lowest BCUT2D eigenvalue weighted by Gasteiger charge is -2.35. The molecule has 0 spiro atoms. The summed E-state index contributed by atoms with van der Waals surface area (Å²) in [6, 6.07) is 0. The highest BCUT2D eigenvalue weighted by molar-refractivity contribution is 7.89. The largest absolute Gasteiger partial charge is 0.481 e. The van der Waals surface area contributed by atoms with Crippen molar-refractivity contribution >= 4 is 21.9 Å². The van der Waals surface area contributed by atoms with Crippen LogP contribution in [0.15, 0.2) is 0 Å². The van der Waals surface area contributed by atoms with Crippen molar-refractivity contribution in [3.8, 4) is 0 Å². The van der Waals surface area contributed by atoms with E-state index in [4.69, 9.17) is 5.11 Å². The summed E-state index contributed by atoms with van der Waals surface area (Å²) in [5.74, 6) is -1.63. The van der Waals surface area contributed by atoms with E-state index in [2.05, 4.69) is 0 Å². The van der Waals surface area contributed by atoms with E-state index in [1.54, 1.807) is 4.90 Å². The number of hydrogen-bond acceptors (Lipinski definition) is 4. The van der Waals surface area contributed by atoms with Gasteiger partial charge in [-0.05, 0) is 25.7 Å². The quantitative estimate of drug-likeness (QED) is 0.767. The van der Waals surface area contributed by atoms with E-state index >= 15 is 0 Å². The second-order valence-corrected chi connectivity index (χ2v) is 9.41. The van der Waals surface area contributed by atoms with Crippen LogP contribution in [0.5, 0.6) is 0 Å². The first-order valence-corrected chi connectivity index (χ1v) is 10.2. The Morgan fingerprint density at radius 1 is 1.21 bits per heavy atom. The summed E-state index contributed by atoms with van der Waals surface area (Å²) in [6.07, 6.45) is 5.14. The van der Waals surface area contributed by atoms with Gasteiger partial charge in [0.15, 0.2) is 0 Å². The van der Waals surface area contributed by atoms with E-state index in [1.807, 2.05) is 0 Å². The van der Waals surface area contributed by atoms with Gasteiger partial charge in [-0.2, -0.15) is 0 Å². The summed E-state index contributed by atoms with van der Waals surface area (Å²) < 4.78 is 26.6. The van der Waals surface area contributed by atoms with E-state index in [-0.39, 0.29) is 24.9 Å². The first-order chi connectivity index (χ1) is 11.2. The summed E-state index contributed by atoms with van der Waals surface area (Å²) >= 11 is 0. The molecular formula is C16H28N2O5S. The fraction of sp³-hybridized carbons (Fsp3) is 0.875. The number of carboxylic acid groups (broad SMARTS) is 1. The highest BCUT2D eigenvalue weighted by Gasteiger charge is 2.37. The van der Waals surface area contributed by atoms with Crippen molar-refractivity contribution in [2.24, 2.45) is 11.8 Å². The molecular weight excluding hydrogens is 332 g/mol.